The first-order chi connectivity index (χ1) is 13.7. The van der Waals surface area contributed by atoms with Crippen LogP contribution in [0.5, 0.6) is 5.75 Å². The van der Waals surface area contributed by atoms with Crippen molar-refractivity contribution in [1.29, 1.82) is 0 Å². The first-order valence-corrected chi connectivity index (χ1v) is 12.4. The molecular formula is C27H44O. The highest BCUT2D eigenvalue weighted by Gasteiger charge is 2.34. The van der Waals surface area contributed by atoms with Crippen LogP contribution in [0.1, 0.15) is 109 Å². The second kappa shape index (κ2) is 11.3. The Hall–Kier alpha value is -0.980. The molecule has 1 aromatic rings. The summed E-state index contributed by atoms with van der Waals surface area (Å²) in [6.45, 7) is 7.81. The lowest BCUT2D eigenvalue weighted by atomic mass is 9.65. The summed E-state index contributed by atoms with van der Waals surface area (Å²) in [4.78, 5) is 0. The minimum atomic E-state index is 0.752. The van der Waals surface area contributed by atoms with Crippen molar-refractivity contribution in [3.8, 4) is 5.75 Å². The molecule has 3 rings (SSSR count). The van der Waals surface area contributed by atoms with Crippen LogP contribution in [0.3, 0.4) is 0 Å². The highest BCUT2D eigenvalue weighted by atomic mass is 16.5. The summed E-state index contributed by atoms with van der Waals surface area (Å²) in [7, 11) is 0. The van der Waals surface area contributed by atoms with E-state index in [0.29, 0.717) is 0 Å². The van der Waals surface area contributed by atoms with E-state index in [1.165, 1.54) is 76.2 Å². The third-order valence-corrected chi connectivity index (χ3v) is 7.76. The maximum absolute atomic E-state index is 5.76. The average molecular weight is 385 g/mol. The Morgan fingerprint density at radius 2 is 1.54 bits per heavy atom. The molecule has 2 aliphatic rings. The van der Waals surface area contributed by atoms with E-state index in [9.17, 15) is 0 Å². The summed E-state index contributed by atoms with van der Waals surface area (Å²) >= 11 is 0. The fraction of sp³-hybridized carbons (Fsp3) is 0.778. The van der Waals surface area contributed by atoms with E-state index in [1.807, 2.05) is 0 Å². The third kappa shape index (κ3) is 6.01. The van der Waals surface area contributed by atoms with E-state index in [-0.39, 0.29) is 0 Å². The molecule has 0 heterocycles. The molecular weight excluding hydrogens is 340 g/mol. The van der Waals surface area contributed by atoms with E-state index in [0.717, 1.165) is 48.4 Å². The summed E-state index contributed by atoms with van der Waals surface area (Å²) < 4.78 is 5.76. The lowest BCUT2D eigenvalue weighted by molar-refractivity contribution is 0.130. The molecule has 1 aromatic carbocycles. The van der Waals surface area contributed by atoms with Gasteiger partial charge in [-0.1, -0.05) is 71.4 Å². The molecule has 0 amide bonds. The zero-order valence-electron chi connectivity index (χ0n) is 18.8. The van der Waals surface area contributed by atoms with Crippen molar-refractivity contribution in [2.24, 2.45) is 23.7 Å². The summed E-state index contributed by atoms with van der Waals surface area (Å²) in [5.74, 6) is 5.67. The van der Waals surface area contributed by atoms with Crippen molar-refractivity contribution in [3.63, 3.8) is 0 Å². The molecule has 0 N–H and O–H groups in total. The maximum Gasteiger partial charge on any atom is 0.119 e. The lowest BCUT2D eigenvalue weighted by Gasteiger charge is -2.41. The Morgan fingerprint density at radius 3 is 2.18 bits per heavy atom. The van der Waals surface area contributed by atoms with Gasteiger partial charge in [0.15, 0.2) is 0 Å². The van der Waals surface area contributed by atoms with Gasteiger partial charge in [-0.15, -0.1) is 0 Å². The van der Waals surface area contributed by atoms with Crippen molar-refractivity contribution in [3.05, 3.63) is 29.8 Å². The van der Waals surface area contributed by atoms with E-state index in [4.69, 9.17) is 4.74 Å². The fourth-order valence-corrected chi connectivity index (χ4v) is 6.02. The minimum Gasteiger partial charge on any atom is -0.494 e. The van der Waals surface area contributed by atoms with Crippen LogP contribution in [0.15, 0.2) is 24.3 Å². The molecule has 158 valence electrons. The van der Waals surface area contributed by atoms with Crippen LogP contribution in [0.4, 0.5) is 0 Å². The van der Waals surface area contributed by atoms with Crippen LogP contribution in [0, 0.1) is 23.7 Å². The summed E-state index contributed by atoms with van der Waals surface area (Å²) in [5, 5.41) is 0. The van der Waals surface area contributed by atoms with Crippen molar-refractivity contribution < 1.29 is 4.74 Å². The van der Waals surface area contributed by atoms with Gasteiger partial charge in [-0.25, -0.2) is 0 Å². The summed E-state index contributed by atoms with van der Waals surface area (Å²) in [6.07, 6.45) is 17.2. The van der Waals surface area contributed by atoms with Crippen LogP contribution < -0.4 is 4.74 Å². The predicted octanol–water partition coefficient (Wildman–Crippen LogP) is 8.38. The van der Waals surface area contributed by atoms with Gasteiger partial charge in [-0.3, -0.25) is 0 Å². The minimum absolute atomic E-state index is 0.752. The van der Waals surface area contributed by atoms with Crippen molar-refractivity contribution in [2.45, 2.75) is 104 Å². The summed E-state index contributed by atoms with van der Waals surface area (Å²) in [5.41, 5.74) is 1.54. The highest BCUT2D eigenvalue weighted by molar-refractivity contribution is 5.30. The van der Waals surface area contributed by atoms with E-state index in [1.54, 1.807) is 0 Å². The van der Waals surface area contributed by atoms with Gasteiger partial charge in [0.1, 0.15) is 5.75 Å². The number of benzene rings is 1. The van der Waals surface area contributed by atoms with Crippen molar-refractivity contribution in [1.82, 2.24) is 0 Å². The van der Waals surface area contributed by atoms with Gasteiger partial charge in [0.05, 0.1) is 6.61 Å². The molecule has 0 spiro atoms. The molecule has 0 radical (unpaired) electrons. The van der Waals surface area contributed by atoms with Crippen LogP contribution in [-0.4, -0.2) is 6.61 Å². The van der Waals surface area contributed by atoms with Crippen LogP contribution in [-0.2, 0) is 0 Å². The van der Waals surface area contributed by atoms with Gasteiger partial charge < -0.3 is 4.74 Å². The topological polar surface area (TPSA) is 9.23 Å². The van der Waals surface area contributed by atoms with E-state index < -0.39 is 0 Å². The first kappa shape index (κ1) is 21.7. The molecule has 2 aliphatic carbocycles. The quantitative estimate of drug-likeness (QED) is 0.388. The molecule has 0 aliphatic heterocycles. The second-order valence-electron chi connectivity index (χ2n) is 9.85. The zero-order chi connectivity index (χ0) is 19.8. The third-order valence-electron chi connectivity index (χ3n) is 7.76. The Balaban J connectivity index is 1.45. The van der Waals surface area contributed by atoms with E-state index in [2.05, 4.69) is 45.0 Å². The maximum atomic E-state index is 5.76. The molecule has 0 saturated heterocycles. The molecule has 28 heavy (non-hydrogen) atoms. The molecule has 0 bridgehead atoms. The van der Waals surface area contributed by atoms with Gasteiger partial charge in [-0.05, 0) is 85.8 Å². The zero-order valence-corrected chi connectivity index (χ0v) is 18.8. The van der Waals surface area contributed by atoms with Crippen molar-refractivity contribution >= 4 is 0 Å². The number of hydrogen-bond acceptors (Lipinski definition) is 1. The van der Waals surface area contributed by atoms with Gasteiger partial charge in [0, 0.05) is 0 Å². The Labute approximate surface area is 174 Å². The molecule has 3 unspecified atom stereocenters. The van der Waals surface area contributed by atoms with Gasteiger partial charge in [-0.2, -0.15) is 0 Å². The fourth-order valence-electron chi connectivity index (χ4n) is 6.02. The summed E-state index contributed by atoms with van der Waals surface area (Å²) in [6, 6.07) is 9.02. The molecule has 2 fully saturated rings. The van der Waals surface area contributed by atoms with Gasteiger partial charge in [0.2, 0.25) is 0 Å². The highest BCUT2D eigenvalue weighted by Crippen LogP contribution is 2.47. The standard InChI is InChI=1S/C27H44O/c1-4-6-7-8-22-9-11-23(12-10-22)25-15-18-27(21(3)20-25)24-13-16-26(17-14-24)28-19-5-2/h13-14,16-17,21-23,25,27H,4-12,15,18-20H2,1-3H3. The van der Waals surface area contributed by atoms with Crippen LogP contribution >= 0.6 is 0 Å². The molecule has 0 aromatic heterocycles. The molecule has 1 heteroatoms. The lowest BCUT2D eigenvalue weighted by Crippen LogP contribution is -2.29. The number of ether oxygens (including phenoxy) is 1. The Bertz CT molecular complexity index is 540. The van der Waals surface area contributed by atoms with Crippen molar-refractivity contribution in [2.75, 3.05) is 6.61 Å². The Morgan fingerprint density at radius 1 is 0.821 bits per heavy atom. The smallest absolute Gasteiger partial charge is 0.119 e. The Kier molecular flexibility index (Phi) is 8.74. The van der Waals surface area contributed by atoms with Crippen LogP contribution in [0.2, 0.25) is 0 Å². The van der Waals surface area contributed by atoms with E-state index >= 15 is 0 Å². The number of hydrogen-bond donors (Lipinski definition) is 0. The molecule has 2 saturated carbocycles. The molecule has 1 nitrogen and oxygen atoms in total. The average Bonchev–Trinajstić information content (AvgIpc) is 2.73. The predicted molar refractivity (Wildman–Crippen MR) is 121 cm³/mol. The van der Waals surface area contributed by atoms with Crippen LogP contribution in [0.25, 0.3) is 0 Å². The first-order valence-electron chi connectivity index (χ1n) is 12.4. The van der Waals surface area contributed by atoms with Gasteiger partial charge in [0.25, 0.3) is 0 Å². The monoisotopic (exact) mass is 384 g/mol. The largest absolute Gasteiger partial charge is 0.494 e. The normalized spacial score (nSPS) is 30.9. The number of unbranched alkanes of at least 4 members (excludes halogenated alkanes) is 2. The second-order valence-corrected chi connectivity index (χ2v) is 9.85. The molecule has 3 atom stereocenters. The SMILES string of the molecule is CCCCCC1CCC(C2CCC(c3ccc(OCCC)cc3)C(C)C2)CC1. The van der Waals surface area contributed by atoms with Gasteiger partial charge >= 0.3 is 0 Å². The number of rotatable bonds is 9.